The van der Waals surface area contributed by atoms with Crippen LogP contribution in [-0.4, -0.2) is 43.3 Å². The number of rotatable bonds is 3. The third-order valence-electron chi connectivity index (χ3n) is 5.66. The van der Waals surface area contributed by atoms with Crippen LogP contribution in [0, 0.1) is 11.2 Å². The molecular formula is C21H16FNO6. The molecule has 1 aliphatic heterocycles. The van der Waals surface area contributed by atoms with Crippen molar-refractivity contribution in [2.45, 2.75) is 12.0 Å². The van der Waals surface area contributed by atoms with Gasteiger partial charge >= 0.3 is 11.9 Å². The summed E-state index contributed by atoms with van der Waals surface area (Å²) in [5.74, 6) is -4.44. The molecule has 148 valence electrons. The van der Waals surface area contributed by atoms with Gasteiger partial charge < -0.3 is 14.8 Å². The van der Waals surface area contributed by atoms with Crippen molar-refractivity contribution in [1.29, 1.82) is 0 Å². The minimum atomic E-state index is -2.43. The van der Waals surface area contributed by atoms with Crippen LogP contribution >= 0.6 is 0 Å². The van der Waals surface area contributed by atoms with Crippen molar-refractivity contribution in [3.63, 3.8) is 0 Å². The van der Waals surface area contributed by atoms with E-state index in [0.29, 0.717) is 5.56 Å². The molecular weight excluding hydrogens is 381 g/mol. The molecule has 0 saturated heterocycles. The lowest BCUT2D eigenvalue weighted by Crippen LogP contribution is -2.68. The Kier molecular flexibility index (Phi) is 4.04. The standard InChI is InChI=1S/C21H16FNO6/c1-28-18(26)20(10-11-5-3-4-6-13(11)16(20)24)21(19(27)29-2)17(25)14-8-7-12(22)9-15(14)23-21/h3-9,23H,10H2,1-2H3/t20-,21+/m1/s1. The van der Waals surface area contributed by atoms with Crippen molar-refractivity contribution < 1.29 is 33.0 Å². The predicted molar refractivity (Wildman–Crippen MR) is 98.0 cm³/mol. The average Bonchev–Trinajstić information content (AvgIpc) is 3.20. The third-order valence-corrected chi connectivity index (χ3v) is 5.66. The molecule has 2 aliphatic rings. The zero-order valence-electron chi connectivity index (χ0n) is 15.6. The topological polar surface area (TPSA) is 98.8 Å². The van der Waals surface area contributed by atoms with Crippen LogP contribution in [0.4, 0.5) is 10.1 Å². The lowest BCUT2D eigenvalue weighted by molar-refractivity contribution is -0.160. The molecule has 2 aromatic carbocycles. The van der Waals surface area contributed by atoms with E-state index in [-0.39, 0.29) is 23.2 Å². The second-order valence-electron chi connectivity index (χ2n) is 6.95. The first-order valence-corrected chi connectivity index (χ1v) is 8.75. The number of hydrogen-bond donors (Lipinski definition) is 1. The summed E-state index contributed by atoms with van der Waals surface area (Å²) in [5.41, 5.74) is -4.01. The molecule has 0 amide bonds. The molecule has 0 bridgehead atoms. The molecule has 4 rings (SSSR count). The lowest BCUT2D eigenvalue weighted by atomic mass is 9.64. The summed E-state index contributed by atoms with van der Waals surface area (Å²) >= 11 is 0. The summed E-state index contributed by atoms with van der Waals surface area (Å²) in [6.07, 6.45) is -0.251. The number of carbonyl (C=O) groups excluding carboxylic acids is 4. The Morgan fingerprint density at radius 3 is 2.31 bits per heavy atom. The quantitative estimate of drug-likeness (QED) is 0.624. The van der Waals surface area contributed by atoms with Crippen molar-refractivity contribution in [2.24, 2.45) is 5.41 Å². The van der Waals surface area contributed by atoms with Gasteiger partial charge in [0.15, 0.2) is 11.2 Å². The molecule has 1 N–H and O–H groups in total. The van der Waals surface area contributed by atoms with E-state index in [4.69, 9.17) is 9.47 Å². The first-order valence-electron chi connectivity index (χ1n) is 8.75. The number of hydrogen-bond acceptors (Lipinski definition) is 7. The molecule has 1 aliphatic carbocycles. The maximum Gasteiger partial charge on any atom is 0.341 e. The Labute approximate surface area is 164 Å². The highest BCUT2D eigenvalue weighted by molar-refractivity contribution is 6.33. The number of ketones is 2. The van der Waals surface area contributed by atoms with E-state index in [0.717, 1.165) is 26.4 Å². The minimum Gasteiger partial charge on any atom is -0.468 e. The fourth-order valence-corrected chi connectivity index (χ4v) is 4.34. The van der Waals surface area contributed by atoms with Crippen LogP contribution in [-0.2, 0) is 25.5 Å². The second kappa shape index (κ2) is 6.23. The van der Waals surface area contributed by atoms with Gasteiger partial charge in [0.1, 0.15) is 5.82 Å². The first kappa shape index (κ1) is 18.8. The van der Waals surface area contributed by atoms with E-state index in [1.807, 2.05) is 0 Å². The lowest BCUT2D eigenvalue weighted by Gasteiger charge is -2.39. The van der Waals surface area contributed by atoms with Crippen LogP contribution in [0.2, 0.25) is 0 Å². The fraction of sp³-hybridized carbons (Fsp3) is 0.238. The molecule has 0 spiro atoms. The number of fused-ring (bicyclic) bond motifs is 2. The molecule has 0 saturated carbocycles. The number of esters is 2. The van der Waals surface area contributed by atoms with E-state index < -0.39 is 40.3 Å². The Morgan fingerprint density at radius 1 is 0.966 bits per heavy atom. The van der Waals surface area contributed by atoms with Crippen molar-refractivity contribution in [2.75, 3.05) is 19.5 Å². The van der Waals surface area contributed by atoms with E-state index in [9.17, 15) is 23.6 Å². The Bertz CT molecular complexity index is 1100. The van der Waals surface area contributed by atoms with Gasteiger partial charge in [0.05, 0.1) is 14.2 Å². The van der Waals surface area contributed by atoms with E-state index in [1.54, 1.807) is 18.2 Å². The van der Waals surface area contributed by atoms with Crippen LogP contribution < -0.4 is 5.32 Å². The van der Waals surface area contributed by atoms with Crippen molar-refractivity contribution in [3.05, 3.63) is 65.0 Å². The molecule has 8 heteroatoms. The number of benzene rings is 2. The molecule has 0 aromatic heterocycles. The minimum absolute atomic E-state index is 0.00701. The van der Waals surface area contributed by atoms with E-state index in [1.165, 1.54) is 12.1 Å². The predicted octanol–water partition coefficient (Wildman–Crippen LogP) is 1.94. The van der Waals surface area contributed by atoms with Crippen LogP contribution in [0.5, 0.6) is 0 Å². The molecule has 2 aromatic rings. The zero-order chi connectivity index (χ0) is 21.0. The molecule has 2 atom stereocenters. The molecule has 0 unspecified atom stereocenters. The molecule has 29 heavy (non-hydrogen) atoms. The van der Waals surface area contributed by atoms with Crippen LogP contribution in [0.25, 0.3) is 0 Å². The number of halogens is 1. The van der Waals surface area contributed by atoms with Gasteiger partial charge in [-0.25, -0.2) is 9.18 Å². The highest BCUT2D eigenvalue weighted by atomic mass is 19.1. The summed E-state index contributed by atoms with van der Waals surface area (Å²) in [4.78, 5) is 53.1. The maximum absolute atomic E-state index is 13.8. The van der Waals surface area contributed by atoms with Gasteiger partial charge in [-0.1, -0.05) is 24.3 Å². The smallest absolute Gasteiger partial charge is 0.341 e. The summed E-state index contributed by atoms with van der Waals surface area (Å²) < 4.78 is 23.6. The highest BCUT2D eigenvalue weighted by Crippen LogP contribution is 2.52. The summed E-state index contributed by atoms with van der Waals surface area (Å²) in [7, 11) is 2.11. The number of nitrogens with one attached hydrogen (secondary N) is 1. The van der Waals surface area contributed by atoms with Crippen LogP contribution in [0.1, 0.15) is 26.3 Å². The largest absolute Gasteiger partial charge is 0.468 e. The SMILES string of the molecule is COC(=O)[C@@]1([C@]2(C(=O)OC)Nc3cc(F)ccc3C2=O)Cc2ccccc2C1=O. The number of ether oxygens (including phenoxy) is 2. The maximum atomic E-state index is 13.8. The van der Waals surface area contributed by atoms with Gasteiger partial charge in [0.25, 0.3) is 0 Å². The van der Waals surface area contributed by atoms with Gasteiger partial charge in [-0.05, 0) is 23.8 Å². The van der Waals surface area contributed by atoms with Gasteiger partial charge in [-0.2, -0.15) is 0 Å². The normalized spacial score (nSPS) is 24.5. The molecule has 7 nitrogen and oxygen atoms in total. The van der Waals surface area contributed by atoms with Gasteiger partial charge in [0, 0.05) is 23.2 Å². The number of methoxy groups -OCH3 is 2. The second-order valence-corrected chi connectivity index (χ2v) is 6.95. The Balaban J connectivity index is 2.03. The Morgan fingerprint density at radius 2 is 1.66 bits per heavy atom. The van der Waals surface area contributed by atoms with Crippen molar-refractivity contribution in [1.82, 2.24) is 0 Å². The van der Waals surface area contributed by atoms with Gasteiger partial charge in [-0.15, -0.1) is 0 Å². The summed E-state index contributed by atoms with van der Waals surface area (Å²) in [6, 6.07) is 9.72. The summed E-state index contributed by atoms with van der Waals surface area (Å²) in [5, 5.41) is 2.67. The van der Waals surface area contributed by atoms with E-state index >= 15 is 0 Å². The van der Waals surface area contributed by atoms with Gasteiger partial charge in [0.2, 0.25) is 11.3 Å². The number of Topliss-reactive ketones (excluding diaryl/α,β-unsaturated/α-hetero) is 2. The first-order chi connectivity index (χ1) is 13.8. The average molecular weight is 397 g/mol. The molecule has 0 radical (unpaired) electrons. The summed E-state index contributed by atoms with van der Waals surface area (Å²) in [6.45, 7) is 0. The number of carbonyl (C=O) groups is 4. The fourth-order valence-electron chi connectivity index (χ4n) is 4.34. The number of anilines is 1. The zero-order valence-corrected chi connectivity index (χ0v) is 15.6. The third kappa shape index (κ3) is 2.16. The van der Waals surface area contributed by atoms with Crippen molar-refractivity contribution >= 4 is 29.2 Å². The van der Waals surface area contributed by atoms with Crippen molar-refractivity contribution in [3.8, 4) is 0 Å². The van der Waals surface area contributed by atoms with E-state index in [2.05, 4.69) is 5.32 Å². The van der Waals surface area contributed by atoms with Gasteiger partial charge in [-0.3, -0.25) is 14.4 Å². The molecule has 1 heterocycles. The monoisotopic (exact) mass is 397 g/mol. The molecule has 0 fully saturated rings. The highest BCUT2D eigenvalue weighted by Gasteiger charge is 2.75. The van der Waals surface area contributed by atoms with Crippen LogP contribution in [0.3, 0.4) is 0 Å². The Hall–Kier alpha value is -3.55. The van der Waals surface area contributed by atoms with Crippen LogP contribution in [0.15, 0.2) is 42.5 Å².